The van der Waals surface area contributed by atoms with Gasteiger partial charge < -0.3 is 0 Å². The topological polar surface area (TPSA) is 0 Å². The van der Waals surface area contributed by atoms with Gasteiger partial charge >= 0.3 is 0 Å². The molecule has 0 aliphatic carbocycles. The highest BCUT2D eigenvalue weighted by molar-refractivity contribution is 8.38. The van der Waals surface area contributed by atoms with Gasteiger partial charge in [-0.25, -0.2) is 10.9 Å². The summed E-state index contributed by atoms with van der Waals surface area (Å²) in [5, 5.41) is 2.33. The molecular formula is C8H14S2. The lowest BCUT2D eigenvalue weighted by Crippen LogP contribution is -2.02. The van der Waals surface area contributed by atoms with Crippen molar-refractivity contribution < 1.29 is 0 Å². The largest absolute Gasteiger partial charge is 0.200 e. The lowest BCUT2D eigenvalue weighted by atomic mass is 10.1. The van der Waals surface area contributed by atoms with Crippen molar-refractivity contribution in [3.63, 3.8) is 0 Å². The van der Waals surface area contributed by atoms with Crippen molar-refractivity contribution in [2.45, 2.75) is 20.3 Å². The minimum absolute atomic E-state index is 0.00167. The molecule has 2 heteroatoms. The van der Waals surface area contributed by atoms with Crippen molar-refractivity contribution in [2.24, 2.45) is 5.92 Å². The summed E-state index contributed by atoms with van der Waals surface area (Å²) in [4.78, 5) is 0. The smallest absolute Gasteiger partial charge is 0.0387 e. The van der Waals surface area contributed by atoms with E-state index in [4.69, 9.17) is 12.2 Å². The lowest BCUT2D eigenvalue weighted by Gasteiger charge is -2.13. The molecule has 0 spiro atoms. The minimum Gasteiger partial charge on any atom is -0.200 e. The van der Waals surface area contributed by atoms with E-state index in [1.54, 1.807) is 0 Å². The molecule has 0 amide bonds. The summed E-state index contributed by atoms with van der Waals surface area (Å²) >= 11 is 5.33. The number of allylic oxidation sites excluding steroid dienone is 1. The highest BCUT2D eigenvalue weighted by Crippen LogP contribution is 2.40. The second-order valence-electron chi connectivity index (χ2n) is 2.48. The van der Waals surface area contributed by atoms with Crippen LogP contribution in [0.3, 0.4) is 0 Å². The van der Waals surface area contributed by atoms with Crippen molar-refractivity contribution in [3.8, 4) is 0 Å². The SMILES string of the molecule is CCC1C=C[SH](CC)C1=S. The molecule has 1 heterocycles. The molecule has 1 aliphatic heterocycles. The Kier molecular flexibility index (Phi) is 2.93. The highest BCUT2D eigenvalue weighted by atomic mass is 32.2. The van der Waals surface area contributed by atoms with Gasteiger partial charge in [-0.3, -0.25) is 0 Å². The van der Waals surface area contributed by atoms with Crippen LogP contribution in [0.1, 0.15) is 20.3 Å². The van der Waals surface area contributed by atoms with Gasteiger partial charge in [-0.1, -0.05) is 32.1 Å². The van der Waals surface area contributed by atoms with Crippen LogP contribution in [0.4, 0.5) is 0 Å². The van der Waals surface area contributed by atoms with Crippen LogP contribution in [-0.4, -0.2) is 9.95 Å². The molecule has 2 atom stereocenters. The maximum absolute atomic E-state index is 5.33. The Hall–Kier alpha value is 0.180. The Bertz CT molecular complexity index is 145. The van der Waals surface area contributed by atoms with Crippen molar-refractivity contribution in [1.82, 2.24) is 0 Å². The van der Waals surface area contributed by atoms with Gasteiger partial charge in [0, 0.05) is 10.1 Å². The first-order valence-electron chi connectivity index (χ1n) is 3.78. The maximum Gasteiger partial charge on any atom is 0.0387 e. The zero-order chi connectivity index (χ0) is 7.56. The standard InChI is InChI=1S/C8H14S2/c1-3-7-5-6-10(4-2)8(7)9/h5-7,10H,3-4H2,1-2H3. The second-order valence-corrected chi connectivity index (χ2v) is 5.57. The summed E-state index contributed by atoms with van der Waals surface area (Å²) < 4.78 is 1.32. The molecule has 0 aromatic heterocycles. The average molecular weight is 174 g/mol. The molecule has 0 aromatic carbocycles. The van der Waals surface area contributed by atoms with Crippen LogP contribution in [0, 0.1) is 5.92 Å². The van der Waals surface area contributed by atoms with E-state index in [0.29, 0.717) is 5.92 Å². The first-order valence-corrected chi connectivity index (χ1v) is 5.78. The summed E-state index contributed by atoms with van der Waals surface area (Å²) in [5.41, 5.74) is 0. The van der Waals surface area contributed by atoms with Crippen molar-refractivity contribution >= 4 is 27.3 Å². The third kappa shape index (κ3) is 1.43. The summed E-state index contributed by atoms with van der Waals surface area (Å²) in [6.07, 6.45) is 3.48. The molecule has 58 valence electrons. The van der Waals surface area contributed by atoms with E-state index in [0.717, 1.165) is 0 Å². The molecule has 1 aliphatic rings. The molecule has 0 saturated carbocycles. The third-order valence-corrected chi connectivity index (χ3v) is 5.00. The van der Waals surface area contributed by atoms with Gasteiger partial charge in [-0.15, -0.1) is 0 Å². The normalized spacial score (nSPS) is 35.2. The van der Waals surface area contributed by atoms with Gasteiger partial charge in [-0.2, -0.15) is 0 Å². The van der Waals surface area contributed by atoms with E-state index in [1.165, 1.54) is 16.4 Å². The molecule has 0 bridgehead atoms. The second kappa shape index (κ2) is 3.54. The lowest BCUT2D eigenvalue weighted by molar-refractivity contribution is 0.841. The van der Waals surface area contributed by atoms with Crippen molar-refractivity contribution in [3.05, 3.63) is 11.5 Å². The van der Waals surface area contributed by atoms with E-state index in [2.05, 4.69) is 25.3 Å². The Labute approximate surface area is 71.0 Å². The Morgan fingerprint density at radius 2 is 2.30 bits per heavy atom. The molecule has 2 unspecified atom stereocenters. The fourth-order valence-corrected chi connectivity index (χ4v) is 3.74. The summed E-state index contributed by atoms with van der Waals surface area (Å²) in [6.45, 7) is 4.43. The monoisotopic (exact) mass is 174 g/mol. The number of rotatable bonds is 2. The summed E-state index contributed by atoms with van der Waals surface area (Å²) in [5.74, 6) is 1.86. The average Bonchev–Trinajstić information content (AvgIpc) is 2.30. The third-order valence-electron chi connectivity index (χ3n) is 1.88. The molecule has 0 saturated heterocycles. The van der Waals surface area contributed by atoms with Gasteiger partial charge in [0.1, 0.15) is 0 Å². The van der Waals surface area contributed by atoms with Gasteiger partial charge in [0.2, 0.25) is 0 Å². The Balaban J connectivity index is 2.58. The maximum atomic E-state index is 5.33. The van der Waals surface area contributed by atoms with Crippen molar-refractivity contribution in [2.75, 3.05) is 5.75 Å². The molecule has 1 rings (SSSR count). The van der Waals surface area contributed by atoms with Crippen LogP contribution in [0.2, 0.25) is 0 Å². The minimum atomic E-state index is 0.00167. The number of thiocarbonyl (C=S) groups is 1. The fourth-order valence-electron chi connectivity index (χ4n) is 1.15. The van der Waals surface area contributed by atoms with Gasteiger partial charge in [0.05, 0.1) is 0 Å². The first-order chi connectivity index (χ1) is 4.79. The van der Waals surface area contributed by atoms with Crippen molar-refractivity contribution in [1.29, 1.82) is 0 Å². The van der Waals surface area contributed by atoms with E-state index < -0.39 is 0 Å². The van der Waals surface area contributed by atoms with Crippen LogP contribution in [0.5, 0.6) is 0 Å². The van der Waals surface area contributed by atoms with E-state index >= 15 is 0 Å². The van der Waals surface area contributed by atoms with E-state index in [9.17, 15) is 0 Å². The van der Waals surface area contributed by atoms with Crippen LogP contribution in [-0.2, 0) is 0 Å². The Morgan fingerprint density at radius 1 is 1.60 bits per heavy atom. The molecule has 0 aromatic rings. The van der Waals surface area contributed by atoms with Crippen LogP contribution < -0.4 is 0 Å². The highest BCUT2D eigenvalue weighted by Gasteiger charge is 2.18. The molecule has 0 nitrogen and oxygen atoms in total. The zero-order valence-electron chi connectivity index (χ0n) is 6.50. The van der Waals surface area contributed by atoms with Gasteiger partial charge in [0.15, 0.2) is 0 Å². The van der Waals surface area contributed by atoms with E-state index in [1.807, 2.05) is 0 Å². The van der Waals surface area contributed by atoms with Gasteiger partial charge in [-0.05, 0) is 17.6 Å². The van der Waals surface area contributed by atoms with Crippen LogP contribution >= 0.6 is 23.1 Å². The zero-order valence-corrected chi connectivity index (χ0v) is 8.21. The summed E-state index contributed by atoms with van der Waals surface area (Å²) in [7, 11) is 0.00167. The van der Waals surface area contributed by atoms with E-state index in [-0.39, 0.29) is 10.9 Å². The number of thiol groups is 1. The first kappa shape index (κ1) is 8.28. The summed E-state index contributed by atoms with van der Waals surface area (Å²) in [6, 6.07) is 0. The van der Waals surface area contributed by atoms with Crippen LogP contribution in [0.15, 0.2) is 11.5 Å². The molecule has 10 heavy (non-hydrogen) atoms. The molecular weight excluding hydrogens is 160 g/mol. The Morgan fingerprint density at radius 3 is 2.60 bits per heavy atom. The fraction of sp³-hybridized carbons (Fsp3) is 0.625. The molecule has 0 N–H and O–H groups in total. The predicted octanol–water partition coefficient (Wildman–Crippen LogP) is 2.89. The quantitative estimate of drug-likeness (QED) is 0.496. The molecule has 0 fully saturated rings. The molecule has 0 radical (unpaired) electrons. The van der Waals surface area contributed by atoms with Crippen LogP contribution in [0.25, 0.3) is 0 Å². The predicted molar refractivity (Wildman–Crippen MR) is 55.0 cm³/mol. The number of hydrogen-bond donors (Lipinski definition) is 1. The van der Waals surface area contributed by atoms with Gasteiger partial charge in [0.25, 0.3) is 0 Å². The number of hydrogen-bond acceptors (Lipinski definition) is 1.